The first kappa shape index (κ1) is 36.0. The van der Waals surface area contributed by atoms with E-state index in [9.17, 15) is 0 Å². The maximum atomic E-state index is 6.58. The zero-order valence-corrected chi connectivity index (χ0v) is 34.0. The zero-order valence-electron chi connectivity index (χ0n) is 34.0. The van der Waals surface area contributed by atoms with Crippen molar-refractivity contribution in [3.63, 3.8) is 0 Å². The van der Waals surface area contributed by atoms with E-state index in [1.807, 2.05) is 0 Å². The van der Waals surface area contributed by atoms with Gasteiger partial charge < -0.3 is 9.32 Å². The van der Waals surface area contributed by atoms with Gasteiger partial charge in [0.15, 0.2) is 0 Å². The van der Waals surface area contributed by atoms with E-state index in [-0.39, 0.29) is 11.8 Å². The standard InChI is InChI=1S/C60H41NO/c1-2-13-40(14-3-1)41-25-27-42(28-26-41)43-29-33-48(34-30-43)61(49-35-31-44(32-36-49)55-38-47-17-6-7-18-50(47)51-19-8-9-20-52(51)55)57-23-11-10-21-53(57)54-22-12-24-58-60(54)56-37-45-15-4-5-16-46(45)39-59(56)62-58/h1-39,52,55H. The van der Waals surface area contributed by atoms with Crippen molar-refractivity contribution in [1.82, 2.24) is 0 Å². The highest BCUT2D eigenvalue weighted by molar-refractivity contribution is 6.16. The lowest BCUT2D eigenvalue weighted by Crippen LogP contribution is -2.35. The highest BCUT2D eigenvalue weighted by atomic mass is 16.3. The van der Waals surface area contributed by atoms with Crippen LogP contribution in [0.25, 0.3) is 77.7 Å². The summed E-state index contributed by atoms with van der Waals surface area (Å²) >= 11 is 0. The van der Waals surface area contributed by atoms with Crippen LogP contribution in [0.1, 0.15) is 11.5 Å². The first-order chi connectivity index (χ1) is 30.7. The number of fused-ring (bicyclic) bond motifs is 6. The molecular formula is C60H41NO. The topological polar surface area (TPSA) is 16.4 Å². The van der Waals surface area contributed by atoms with Crippen LogP contribution in [0.15, 0.2) is 235 Å². The lowest BCUT2D eigenvalue weighted by atomic mass is 9.75. The lowest BCUT2D eigenvalue weighted by Gasteiger charge is -2.30. The SMILES string of the molecule is C1=CC2=c3ccccc3=CC(c3ccc(N(c4ccc(-c5ccc(-c6ccccc6)cc5)cc4)c4ccccc4-c4cccc5oc6cc7ccccc7cc6c45)cc3)C2C=C1. The molecule has 2 aliphatic rings. The van der Waals surface area contributed by atoms with Crippen LogP contribution in [0.5, 0.6) is 0 Å². The Hall–Kier alpha value is -7.94. The molecule has 1 heterocycles. The van der Waals surface area contributed by atoms with E-state index in [0.717, 1.165) is 50.1 Å². The van der Waals surface area contributed by atoms with E-state index >= 15 is 0 Å². The van der Waals surface area contributed by atoms with Crippen LogP contribution in [0.2, 0.25) is 0 Å². The third-order valence-electron chi connectivity index (χ3n) is 12.9. The molecule has 0 radical (unpaired) electrons. The van der Waals surface area contributed by atoms with Gasteiger partial charge in [0.2, 0.25) is 0 Å². The van der Waals surface area contributed by atoms with Gasteiger partial charge in [0, 0.05) is 39.5 Å². The molecule has 0 aliphatic heterocycles. The van der Waals surface area contributed by atoms with Gasteiger partial charge >= 0.3 is 0 Å². The Bertz CT molecular complexity index is 3500. The molecule has 0 saturated carbocycles. The highest BCUT2D eigenvalue weighted by Crippen LogP contribution is 2.46. The van der Waals surface area contributed by atoms with Gasteiger partial charge in [-0.05, 0) is 109 Å². The smallest absolute Gasteiger partial charge is 0.136 e. The molecular weight excluding hydrogens is 751 g/mol. The Morgan fingerprint density at radius 1 is 0.435 bits per heavy atom. The summed E-state index contributed by atoms with van der Waals surface area (Å²) in [5, 5.41) is 7.25. The van der Waals surface area contributed by atoms with Crippen LogP contribution in [0, 0.1) is 5.92 Å². The van der Waals surface area contributed by atoms with E-state index in [2.05, 4.69) is 242 Å². The summed E-state index contributed by atoms with van der Waals surface area (Å²) in [6.45, 7) is 0. The summed E-state index contributed by atoms with van der Waals surface area (Å²) in [7, 11) is 0. The van der Waals surface area contributed by atoms with Crippen molar-refractivity contribution in [3.05, 3.63) is 247 Å². The minimum absolute atomic E-state index is 0.228. The minimum atomic E-state index is 0.228. The van der Waals surface area contributed by atoms with Crippen LogP contribution in [0.4, 0.5) is 17.1 Å². The quantitative estimate of drug-likeness (QED) is 0.160. The van der Waals surface area contributed by atoms with Crippen molar-refractivity contribution in [1.29, 1.82) is 0 Å². The molecule has 0 N–H and O–H groups in total. The van der Waals surface area contributed by atoms with Gasteiger partial charge in [0.05, 0.1) is 5.69 Å². The molecule has 2 heteroatoms. The molecule has 62 heavy (non-hydrogen) atoms. The van der Waals surface area contributed by atoms with E-state index in [4.69, 9.17) is 4.42 Å². The number of rotatable bonds is 7. The van der Waals surface area contributed by atoms with Crippen LogP contribution < -0.4 is 15.3 Å². The van der Waals surface area contributed by atoms with Crippen LogP contribution in [0.3, 0.4) is 0 Å². The Labute approximate surface area is 361 Å². The number of para-hydroxylation sites is 1. The van der Waals surface area contributed by atoms with Crippen LogP contribution in [-0.4, -0.2) is 0 Å². The van der Waals surface area contributed by atoms with Gasteiger partial charge in [-0.1, -0.05) is 188 Å². The molecule has 2 unspecified atom stereocenters. The summed E-state index contributed by atoms with van der Waals surface area (Å²) in [6, 6.07) is 74.8. The predicted molar refractivity (Wildman–Crippen MR) is 260 cm³/mol. The van der Waals surface area contributed by atoms with E-state index in [0.29, 0.717) is 0 Å². The molecule has 0 amide bonds. The van der Waals surface area contributed by atoms with Crippen molar-refractivity contribution in [2.24, 2.45) is 5.92 Å². The largest absolute Gasteiger partial charge is 0.456 e. The van der Waals surface area contributed by atoms with E-state index in [1.54, 1.807) is 0 Å². The normalized spacial score (nSPS) is 15.4. The number of nitrogens with zero attached hydrogens (tertiary/aromatic N) is 1. The third-order valence-corrected chi connectivity index (χ3v) is 12.9. The Kier molecular flexibility index (Phi) is 8.67. The molecule has 292 valence electrons. The van der Waals surface area contributed by atoms with Gasteiger partial charge in [-0.25, -0.2) is 0 Å². The number of allylic oxidation sites excluding steroid dienone is 4. The second kappa shape index (κ2) is 15.0. The first-order valence-corrected chi connectivity index (χ1v) is 21.5. The molecule has 12 rings (SSSR count). The molecule has 2 aliphatic carbocycles. The number of furan rings is 1. The summed E-state index contributed by atoms with van der Waals surface area (Å²) < 4.78 is 6.58. The maximum Gasteiger partial charge on any atom is 0.136 e. The summed E-state index contributed by atoms with van der Waals surface area (Å²) in [4.78, 5) is 2.42. The fourth-order valence-electron chi connectivity index (χ4n) is 9.84. The highest BCUT2D eigenvalue weighted by Gasteiger charge is 2.27. The molecule has 2 atom stereocenters. The average molecular weight is 792 g/mol. The summed E-state index contributed by atoms with van der Waals surface area (Å²) in [6.07, 6.45) is 11.5. The van der Waals surface area contributed by atoms with Crippen molar-refractivity contribution < 1.29 is 4.42 Å². The van der Waals surface area contributed by atoms with E-state index in [1.165, 1.54) is 54.6 Å². The molecule has 0 spiro atoms. The Morgan fingerprint density at radius 3 is 1.82 bits per heavy atom. The lowest BCUT2D eigenvalue weighted by molar-refractivity contribution is 0.669. The molecule has 10 aromatic rings. The summed E-state index contributed by atoms with van der Waals surface area (Å²) in [5.74, 6) is 0.515. The minimum Gasteiger partial charge on any atom is -0.456 e. The molecule has 0 saturated heterocycles. The molecule has 9 aromatic carbocycles. The first-order valence-electron chi connectivity index (χ1n) is 21.5. The monoisotopic (exact) mass is 791 g/mol. The predicted octanol–water partition coefficient (Wildman–Crippen LogP) is 14.7. The van der Waals surface area contributed by atoms with Gasteiger partial charge in [-0.3, -0.25) is 0 Å². The zero-order chi connectivity index (χ0) is 41.0. The fraction of sp³-hybridized carbons (Fsp3) is 0.0333. The number of hydrogen-bond donors (Lipinski definition) is 0. The maximum absolute atomic E-state index is 6.58. The number of benzene rings is 9. The number of anilines is 3. The third kappa shape index (κ3) is 6.19. The van der Waals surface area contributed by atoms with Gasteiger partial charge in [0.1, 0.15) is 11.2 Å². The van der Waals surface area contributed by atoms with Crippen molar-refractivity contribution in [2.75, 3.05) is 4.90 Å². The molecule has 1 aromatic heterocycles. The van der Waals surface area contributed by atoms with Gasteiger partial charge in [-0.2, -0.15) is 0 Å². The van der Waals surface area contributed by atoms with Crippen molar-refractivity contribution >= 4 is 61.4 Å². The fourth-order valence-corrected chi connectivity index (χ4v) is 9.84. The Morgan fingerprint density at radius 2 is 1.05 bits per heavy atom. The molecule has 0 bridgehead atoms. The summed E-state index contributed by atoms with van der Waals surface area (Å²) in [5.41, 5.74) is 14.8. The second-order valence-corrected chi connectivity index (χ2v) is 16.4. The Balaban J connectivity index is 0.988. The van der Waals surface area contributed by atoms with Gasteiger partial charge in [0.25, 0.3) is 0 Å². The van der Waals surface area contributed by atoms with Crippen molar-refractivity contribution in [3.8, 4) is 33.4 Å². The van der Waals surface area contributed by atoms with Crippen molar-refractivity contribution in [2.45, 2.75) is 5.92 Å². The molecule has 2 nitrogen and oxygen atoms in total. The number of hydrogen-bond acceptors (Lipinski definition) is 2. The average Bonchev–Trinajstić information content (AvgIpc) is 3.72. The molecule has 0 fully saturated rings. The van der Waals surface area contributed by atoms with Gasteiger partial charge in [-0.15, -0.1) is 0 Å². The van der Waals surface area contributed by atoms with Crippen LogP contribution >= 0.6 is 0 Å². The second-order valence-electron chi connectivity index (χ2n) is 16.4. The van der Waals surface area contributed by atoms with E-state index < -0.39 is 0 Å². The van der Waals surface area contributed by atoms with Crippen LogP contribution in [-0.2, 0) is 0 Å².